The number of rotatable bonds is 4. The van der Waals surface area contributed by atoms with Gasteiger partial charge in [0, 0.05) is 40.7 Å². The molecule has 1 aromatic rings. The second-order valence-electron chi connectivity index (χ2n) is 6.30. The van der Waals surface area contributed by atoms with Gasteiger partial charge in [-0.1, -0.05) is 0 Å². The number of amides is 1. The van der Waals surface area contributed by atoms with Crippen molar-refractivity contribution in [1.82, 2.24) is 9.88 Å². The van der Waals surface area contributed by atoms with Crippen LogP contribution in [0.2, 0.25) is 0 Å². The number of hydrogen-bond donors (Lipinski definition) is 0. The Bertz CT molecular complexity index is 497. The number of carbonyl (C=O) groups excluding carboxylic acids is 1. The topological polar surface area (TPSA) is 59.5 Å². The SMILES string of the molecule is CC(C)(C)OC(=O)N1CC[C@H](C[S@@](=O)Cc2cncs2)C1. The van der Waals surface area contributed by atoms with Gasteiger partial charge < -0.3 is 9.64 Å². The van der Waals surface area contributed by atoms with Gasteiger partial charge in [0.2, 0.25) is 0 Å². The van der Waals surface area contributed by atoms with Crippen molar-refractivity contribution in [3.63, 3.8) is 0 Å². The van der Waals surface area contributed by atoms with Crippen LogP contribution < -0.4 is 0 Å². The number of thiazole rings is 1. The van der Waals surface area contributed by atoms with Crippen molar-refractivity contribution in [2.45, 2.75) is 38.5 Å². The Morgan fingerprint density at radius 1 is 1.57 bits per heavy atom. The first kappa shape index (κ1) is 16.4. The molecule has 0 N–H and O–H groups in total. The summed E-state index contributed by atoms with van der Waals surface area (Å²) in [6.07, 6.45) is 2.40. The summed E-state index contributed by atoms with van der Waals surface area (Å²) in [6, 6.07) is 0. The first-order chi connectivity index (χ1) is 9.83. The lowest BCUT2D eigenvalue weighted by molar-refractivity contribution is 0.0289. The average Bonchev–Trinajstić information content (AvgIpc) is 2.98. The van der Waals surface area contributed by atoms with Crippen LogP contribution in [0.15, 0.2) is 11.7 Å². The maximum absolute atomic E-state index is 12.1. The minimum atomic E-state index is -0.895. The summed E-state index contributed by atoms with van der Waals surface area (Å²) in [5.74, 6) is 1.50. The highest BCUT2D eigenvalue weighted by Gasteiger charge is 2.30. The smallest absolute Gasteiger partial charge is 0.410 e. The number of likely N-dealkylation sites (tertiary alicyclic amines) is 1. The summed E-state index contributed by atoms with van der Waals surface area (Å²) in [5, 5.41) is 0. The quantitative estimate of drug-likeness (QED) is 0.851. The maximum Gasteiger partial charge on any atom is 0.410 e. The number of carbonyl (C=O) groups is 1. The minimum absolute atomic E-state index is 0.266. The van der Waals surface area contributed by atoms with Gasteiger partial charge >= 0.3 is 6.09 Å². The summed E-state index contributed by atoms with van der Waals surface area (Å²) in [4.78, 5) is 18.7. The number of ether oxygens (including phenoxy) is 1. The van der Waals surface area contributed by atoms with Crippen molar-refractivity contribution in [3.8, 4) is 0 Å². The fraction of sp³-hybridized carbons (Fsp3) is 0.714. The molecule has 1 aromatic heterocycles. The van der Waals surface area contributed by atoms with Crippen LogP contribution in [0.25, 0.3) is 0 Å². The van der Waals surface area contributed by atoms with Gasteiger partial charge in [-0.2, -0.15) is 0 Å². The van der Waals surface area contributed by atoms with E-state index in [1.165, 1.54) is 11.3 Å². The van der Waals surface area contributed by atoms with Crippen LogP contribution in [0.4, 0.5) is 4.79 Å². The molecule has 2 atom stereocenters. The molecule has 0 aliphatic carbocycles. The van der Waals surface area contributed by atoms with Crippen molar-refractivity contribution >= 4 is 28.2 Å². The van der Waals surface area contributed by atoms with E-state index in [0.717, 1.165) is 11.3 Å². The lowest BCUT2D eigenvalue weighted by Crippen LogP contribution is -2.35. The summed E-state index contributed by atoms with van der Waals surface area (Å²) >= 11 is 1.53. The molecule has 0 aromatic carbocycles. The van der Waals surface area contributed by atoms with Crippen molar-refractivity contribution in [1.29, 1.82) is 0 Å². The number of hydrogen-bond acceptors (Lipinski definition) is 5. The Morgan fingerprint density at radius 3 is 2.95 bits per heavy atom. The van der Waals surface area contributed by atoms with Gasteiger partial charge in [-0.3, -0.25) is 9.19 Å². The van der Waals surface area contributed by atoms with E-state index in [1.807, 2.05) is 20.8 Å². The van der Waals surface area contributed by atoms with E-state index < -0.39 is 16.4 Å². The minimum Gasteiger partial charge on any atom is -0.444 e. The van der Waals surface area contributed by atoms with Crippen molar-refractivity contribution < 1.29 is 13.7 Å². The zero-order valence-corrected chi connectivity index (χ0v) is 14.3. The maximum atomic E-state index is 12.1. The number of nitrogens with zero attached hydrogens (tertiary/aromatic N) is 2. The third kappa shape index (κ3) is 5.39. The van der Waals surface area contributed by atoms with Crippen molar-refractivity contribution in [2.24, 2.45) is 5.92 Å². The summed E-state index contributed by atoms with van der Waals surface area (Å²) in [7, 11) is -0.895. The van der Waals surface area contributed by atoms with Crippen LogP contribution in [0.1, 0.15) is 32.1 Å². The Kier molecular flexibility index (Phi) is 5.37. The summed E-state index contributed by atoms with van der Waals surface area (Å²) in [5.41, 5.74) is 1.29. The molecule has 0 radical (unpaired) electrons. The van der Waals surface area contributed by atoms with E-state index in [-0.39, 0.29) is 6.09 Å². The van der Waals surface area contributed by atoms with Crippen LogP contribution in [-0.2, 0) is 21.3 Å². The van der Waals surface area contributed by atoms with Crippen LogP contribution in [0, 0.1) is 5.92 Å². The zero-order valence-electron chi connectivity index (χ0n) is 12.7. The Balaban J connectivity index is 1.77. The highest BCUT2D eigenvalue weighted by atomic mass is 32.2. The predicted molar refractivity (Wildman–Crippen MR) is 84.7 cm³/mol. The second kappa shape index (κ2) is 6.87. The highest BCUT2D eigenvalue weighted by molar-refractivity contribution is 7.84. The fourth-order valence-electron chi connectivity index (χ4n) is 2.25. The molecule has 1 aliphatic rings. The van der Waals surface area contributed by atoms with Gasteiger partial charge in [-0.25, -0.2) is 4.79 Å². The molecule has 1 fully saturated rings. The van der Waals surface area contributed by atoms with E-state index in [1.54, 1.807) is 16.6 Å². The molecule has 0 spiro atoms. The van der Waals surface area contributed by atoms with E-state index in [2.05, 4.69) is 4.98 Å². The molecular formula is C14H22N2O3S2. The van der Waals surface area contributed by atoms with Gasteiger partial charge in [-0.05, 0) is 33.1 Å². The molecule has 2 rings (SSSR count). The lowest BCUT2D eigenvalue weighted by atomic mass is 10.2. The Labute approximate surface area is 132 Å². The van der Waals surface area contributed by atoms with E-state index in [4.69, 9.17) is 4.74 Å². The van der Waals surface area contributed by atoms with E-state index in [9.17, 15) is 9.00 Å². The molecule has 1 aliphatic heterocycles. The molecule has 7 heteroatoms. The molecule has 0 bridgehead atoms. The third-order valence-electron chi connectivity index (χ3n) is 3.15. The molecule has 2 heterocycles. The second-order valence-corrected chi connectivity index (χ2v) is 8.77. The first-order valence-corrected chi connectivity index (χ1v) is 9.40. The average molecular weight is 330 g/mol. The van der Waals surface area contributed by atoms with Crippen LogP contribution in [-0.4, -0.2) is 44.6 Å². The van der Waals surface area contributed by atoms with Crippen LogP contribution >= 0.6 is 11.3 Å². The number of aromatic nitrogens is 1. The van der Waals surface area contributed by atoms with Crippen molar-refractivity contribution in [3.05, 3.63) is 16.6 Å². The lowest BCUT2D eigenvalue weighted by Gasteiger charge is -2.24. The van der Waals surface area contributed by atoms with Crippen LogP contribution in [0.3, 0.4) is 0 Å². The van der Waals surface area contributed by atoms with E-state index >= 15 is 0 Å². The summed E-state index contributed by atoms with van der Waals surface area (Å²) in [6.45, 7) is 6.93. The normalized spacial score (nSPS) is 20.5. The molecule has 118 valence electrons. The monoisotopic (exact) mass is 330 g/mol. The van der Waals surface area contributed by atoms with E-state index in [0.29, 0.717) is 30.5 Å². The van der Waals surface area contributed by atoms with Crippen LogP contribution in [0.5, 0.6) is 0 Å². The largest absolute Gasteiger partial charge is 0.444 e. The molecule has 1 saturated heterocycles. The Hall–Kier alpha value is -0.950. The van der Waals surface area contributed by atoms with Gasteiger partial charge in [0.25, 0.3) is 0 Å². The van der Waals surface area contributed by atoms with Gasteiger partial charge in [0.15, 0.2) is 0 Å². The third-order valence-corrected chi connectivity index (χ3v) is 5.58. The summed E-state index contributed by atoms with van der Waals surface area (Å²) < 4.78 is 17.5. The van der Waals surface area contributed by atoms with Gasteiger partial charge in [-0.15, -0.1) is 11.3 Å². The molecule has 21 heavy (non-hydrogen) atoms. The molecular weight excluding hydrogens is 308 g/mol. The molecule has 5 nitrogen and oxygen atoms in total. The predicted octanol–water partition coefficient (Wildman–Crippen LogP) is 2.65. The zero-order chi connectivity index (χ0) is 15.5. The molecule has 0 unspecified atom stereocenters. The molecule has 0 saturated carbocycles. The standard InChI is InChI=1S/C14H22N2O3S2/c1-14(2,3)19-13(17)16-5-4-11(7-16)8-21(18)9-12-6-15-10-20-12/h6,10-11H,4-5,7-9H2,1-3H3/t11-,21+/m0/s1. The Morgan fingerprint density at radius 2 is 2.33 bits per heavy atom. The van der Waals surface area contributed by atoms with Gasteiger partial charge in [0.1, 0.15) is 5.60 Å². The molecule has 1 amide bonds. The fourth-order valence-corrected chi connectivity index (χ4v) is 4.61. The highest BCUT2D eigenvalue weighted by Crippen LogP contribution is 2.21. The van der Waals surface area contributed by atoms with Gasteiger partial charge in [0.05, 0.1) is 11.3 Å². The first-order valence-electron chi connectivity index (χ1n) is 7.04. The van der Waals surface area contributed by atoms with Crippen molar-refractivity contribution in [2.75, 3.05) is 18.8 Å².